The van der Waals surface area contributed by atoms with Crippen LogP contribution in [0.2, 0.25) is 0 Å². The molecule has 2 N–H and O–H groups in total. The quantitative estimate of drug-likeness (QED) is 0.750. The Bertz CT molecular complexity index is 884. The molecule has 0 atom stereocenters. The van der Waals surface area contributed by atoms with E-state index in [9.17, 15) is 4.79 Å². The van der Waals surface area contributed by atoms with Gasteiger partial charge in [0, 0.05) is 12.2 Å². The van der Waals surface area contributed by atoms with E-state index in [2.05, 4.69) is 20.6 Å². The molecule has 0 aliphatic rings. The zero-order chi connectivity index (χ0) is 17.5. The minimum absolute atomic E-state index is 0.217. The van der Waals surface area contributed by atoms with E-state index in [0.29, 0.717) is 23.6 Å². The summed E-state index contributed by atoms with van der Waals surface area (Å²) < 4.78 is 0. The van der Waals surface area contributed by atoms with Crippen molar-refractivity contribution >= 4 is 17.4 Å². The van der Waals surface area contributed by atoms with Gasteiger partial charge in [-0.05, 0) is 29.8 Å². The van der Waals surface area contributed by atoms with E-state index >= 15 is 0 Å². The van der Waals surface area contributed by atoms with Crippen molar-refractivity contribution in [2.45, 2.75) is 6.54 Å². The van der Waals surface area contributed by atoms with Gasteiger partial charge in [0.2, 0.25) is 0 Å². The highest BCUT2D eigenvalue weighted by molar-refractivity contribution is 6.02. The van der Waals surface area contributed by atoms with E-state index in [0.717, 1.165) is 5.56 Å². The van der Waals surface area contributed by atoms with Crippen LogP contribution in [0.5, 0.6) is 0 Å². The van der Waals surface area contributed by atoms with Crippen LogP contribution in [0.1, 0.15) is 21.6 Å². The van der Waals surface area contributed by atoms with Gasteiger partial charge in [0.05, 0.1) is 24.0 Å². The van der Waals surface area contributed by atoms with Crippen LogP contribution in [0.25, 0.3) is 0 Å². The summed E-state index contributed by atoms with van der Waals surface area (Å²) >= 11 is 0. The zero-order valence-corrected chi connectivity index (χ0v) is 13.3. The lowest BCUT2D eigenvalue weighted by molar-refractivity contribution is 0.102. The Morgan fingerprint density at radius 3 is 2.40 bits per heavy atom. The molecule has 6 heteroatoms. The average Bonchev–Trinajstić information content (AvgIpc) is 2.68. The monoisotopic (exact) mass is 329 g/mol. The topological polar surface area (TPSA) is 90.7 Å². The van der Waals surface area contributed by atoms with Crippen molar-refractivity contribution in [3.8, 4) is 6.07 Å². The molecule has 122 valence electrons. The number of nitriles is 1. The average molecular weight is 329 g/mol. The van der Waals surface area contributed by atoms with E-state index in [-0.39, 0.29) is 11.6 Å². The minimum Gasteiger partial charge on any atom is -0.365 e. The summed E-state index contributed by atoms with van der Waals surface area (Å²) in [5, 5.41) is 14.6. The fourth-order valence-corrected chi connectivity index (χ4v) is 2.15. The number of anilines is 2. The fourth-order valence-electron chi connectivity index (χ4n) is 2.15. The molecule has 3 aromatic rings. The summed E-state index contributed by atoms with van der Waals surface area (Å²) in [6.45, 7) is 0.631. The van der Waals surface area contributed by atoms with Crippen LogP contribution >= 0.6 is 0 Å². The first-order chi connectivity index (χ1) is 12.2. The molecule has 1 aromatic heterocycles. The first kappa shape index (κ1) is 16.1. The highest BCUT2D eigenvalue weighted by atomic mass is 16.1. The molecule has 6 nitrogen and oxygen atoms in total. The van der Waals surface area contributed by atoms with Gasteiger partial charge in [-0.25, -0.2) is 9.97 Å². The largest absolute Gasteiger partial charge is 0.365 e. The molecule has 0 unspecified atom stereocenters. The number of rotatable bonds is 5. The van der Waals surface area contributed by atoms with E-state index < -0.39 is 0 Å². The molecule has 3 rings (SSSR count). The van der Waals surface area contributed by atoms with Crippen LogP contribution in [-0.2, 0) is 6.54 Å². The predicted molar refractivity (Wildman–Crippen MR) is 94.9 cm³/mol. The van der Waals surface area contributed by atoms with Crippen molar-refractivity contribution in [1.82, 2.24) is 9.97 Å². The molecule has 0 saturated carbocycles. The van der Waals surface area contributed by atoms with Gasteiger partial charge in [-0.2, -0.15) is 5.26 Å². The van der Waals surface area contributed by atoms with E-state index in [4.69, 9.17) is 5.26 Å². The molecule has 0 spiro atoms. The van der Waals surface area contributed by atoms with Crippen LogP contribution in [0, 0.1) is 11.3 Å². The molecule has 0 saturated heterocycles. The lowest BCUT2D eigenvalue weighted by atomic mass is 10.2. The van der Waals surface area contributed by atoms with Crippen molar-refractivity contribution in [2.24, 2.45) is 0 Å². The molecule has 0 fully saturated rings. The molecule has 1 heterocycles. The van der Waals surface area contributed by atoms with E-state index in [1.165, 1.54) is 12.4 Å². The molecule has 0 aliphatic heterocycles. The molecular formula is C19H15N5O. The lowest BCUT2D eigenvalue weighted by Gasteiger charge is -2.07. The first-order valence-corrected chi connectivity index (χ1v) is 7.66. The number of aromatic nitrogens is 2. The number of carbonyl (C=O) groups excluding carboxylic acids is 1. The van der Waals surface area contributed by atoms with Crippen LogP contribution in [0.4, 0.5) is 11.5 Å². The third-order valence-electron chi connectivity index (χ3n) is 3.47. The third-order valence-corrected chi connectivity index (χ3v) is 3.47. The Kier molecular flexibility index (Phi) is 4.98. The number of benzene rings is 2. The van der Waals surface area contributed by atoms with Crippen molar-refractivity contribution < 1.29 is 4.79 Å². The van der Waals surface area contributed by atoms with Gasteiger partial charge in [0.1, 0.15) is 11.5 Å². The number of carbonyl (C=O) groups is 1. The lowest BCUT2D eigenvalue weighted by Crippen LogP contribution is -2.14. The molecule has 0 aliphatic carbocycles. The van der Waals surface area contributed by atoms with Gasteiger partial charge < -0.3 is 10.6 Å². The van der Waals surface area contributed by atoms with Crippen LogP contribution in [-0.4, -0.2) is 15.9 Å². The summed E-state index contributed by atoms with van der Waals surface area (Å²) in [6, 6.07) is 18.6. The Labute approximate surface area is 145 Å². The standard InChI is InChI=1S/C19H15N5O/c20-10-14-6-8-16(9-7-14)24-19(25)17-12-23-18(13-21-17)22-11-15-4-2-1-3-5-15/h1-9,12-13H,11H2,(H,22,23)(H,24,25). The van der Waals surface area contributed by atoms with Gasteiger partial charge >= 0.3 is 0 Å². The number of amides is 1. The molecule has 1 amide bonds. The minimum atomic E-state index is -0.355. The fraction of sp³-hybridized carbons (Fsp3) is 0.0526. The Morgan fingerprint density at radius 2 is 1.76 bits per heavy atom. The summed E-state index contributed by atoms with van der Waals surface area (Å²) in [5.74, 6) is 0.241. The number of nitrogens with one attached hydrogen (secondary N) is 2. The van der Waals surface area contributed by atoms with Gasteiger partial charge in [0.15, 0.2) is 0 Å². The number of nitrogens with zero attached hydrogens (tertiary/aromatic N) is 3. The van der Waals surface area contributed by atoms with Crippen molar-refractivity contribution in [3.63, 3.8) is 0 Å². The highest BCUT2D eigenvalue weighted by Crippen LogP contribution is 2.11. The number of hydrogen-bond donors (Lipinski definition) is 2. The predicted octanol–water partition coefficient (Wildman–Crippen LogP) is 3.21. The molecule has 25 heavy (non-hydrogen) atoms. The maximum absolute atomic E-state index is 12.2. The van der Waals surface area contributed by atoms with Crippen LogP contribution in [0.15, 0.2) is 67.0 Å². The van der Waals surface area contributed by atoms with Crippen molar-refractivity contribution in [3.05, 3.63) is 83.8 Å². The van der Waals surface area contributed by atoms with Crippen LogP contribution < -0.4 is 10.6 Å². The molecule has 0 bridgehead atoms. The number of hydrogen-bond acceptors (Lipinski definition) is 5. The highest BCUT2D eigenvalue weighted by Gasteiger charge is 2.08. The van der Waals surface area contributed by atoms with Crippen molar-refractivity contribution in [1.29, 1.82) is 5.26 Å². The van der Waals surface area contributed by atoms with Crippen LogP contribution in [0.3, 0.4) is 0 Å². The van der Waals surface area contributed by atoms with E-state index in [1.54, 1.807) is 24.3 Å². The summed E-state index contributed by atoms with van der Waals surface area (Å²) in [6.07, 6.45) is 2.95. The maximum Gasteiger partial charge on any atom is 0.275 e. The molecule has 0 radical (unpaired) electrons. The van der Waals surface area contributed by atoms with Crippen molar-refractivity contribution in [2.75, 3.05) is 10.6 Å². The van der Waals surface area contributed by atoms with E-state index in [1.807, 2.05) is 36.4 Å². The normalized spacial score (nSPS) is 9.88. The maximum atomic E-state index is 12.2. The molecule has 2 aromatic carbocycles. The summed E-state index contributed by atoms with van der Waals surface area (Å²) in [7, 11) is 0. The van der Waals surface area contributed by atoms with Gasteiger partial charge in [0.25, 0.3) is 5.91 Å². The Balaban J connectivity index is 1.59. The smallest absolute Gasteiger partial charge is 0.275 e. The van der Waals surface area contributed by atoms with Gasteiger partial charge in [-0.15, -0.1) is 0 Å². The Morgan fingerprint density at radius 1 is 1.00 bits per heavy atom. The summed E-state index contributed by atoms with van der Waals surface area (Å²) in [5.41, 5.74) is 2.48. The Hall–Kier alpha value is -3.72. The van der Waals surface area contributed by atoms with Gasteiger partial charge in [-0.3, -0.25) is 4.79 Å². The third kappa shape index (κ3) is 4.39. The second-order valence-corrected chi connectivity index (χ2v) is 5.27. The second-order valence-electron chi connectivity index (χ2n) is 5.27. The summed E-state index contributed by atoms with van der Waals surface area (Å²) in [4.78, 5) is 20.5. The SMILES string of the molecule is N#Cc1ccc(NC(=O)c2cnc(NCc3ccccc3)cn2)cc1. The first-order valence-electron chi connectivity index (χ1n) is 7.66. The molecular weight excluding hydrogens is 314 g/mol. The second kappa shape index (κ2) is 7.70. The zero-order valence-electron chi connectivity index (χ0n) is 13.3. The van der Waals surface area contributed by atoms with Gasteiger partial charge in [-0.1, -0.05) is 30.3 Å².